The van der Waals surface area contributed by atoms with Gasteiger partial charge in [-0.1, -0.05) is 35.9 Å². The topological polar surface area (TPSA) is 64.4 Å². The molecule has 2 atom stereocenters. The molecule has 0 heterocycles. The zero-order valence-electron chi connectivity index (χ0n) is 15.2. The molecule has 1 saturated carbocycles. The van der Waals surface area contributed by atoms with E-state index in [1.807, 2.05) is 31.2 Å². The average Bonchev–Trinajstić information content (AvgIpc) is 3.45. The minimum Gasteiger partial charge on any atom is -0.490 e. The van der Waals surface area contributed by atoms with Gasteiger partial charge in [0.2, 0.25) is 5.91 Å². The third-order valence-corrected chi connectivity index (χ3v) is 4.71. The third kappa shape index (κ3) is 4.61. The van der Waals surface area contributed by atoms with E-state index in [9.17, 15) is 9.18 Å². The van der Waals surface area contributed by atoms with Gasteiger partial charge in [-0.25, -0.2) is 4.39 Å². The number of aryl methyl sites for hydroxylation is 1. The normalized spacial score (nSPS) is 16.0. The molecule has 4 nitrogen and oxygen atoms in total. The lowest BCUT2D eigenvalue weighted by Crippen LogP contribution is -2.35. The zero-order valence-corrected chi connectivity index (χ0v) is 15.2. The predicted octanol–water partition coefficient (Wildman–Crippen LogP) is 3.80. The summed E-state index contributed by atoms with van der Waals surface area (Å²) in [7, 11) is 0. The Balaban J connectivity index is 1.61. The molecule has 1 amide bonds. The Bertz CT molecular complexity index is 772. The van der Waals surface area contributed by atoms with Gasteiger partial charge in [-0.15, -0.1) is 0 Å². The van der Waals surface area contributed by atoms with Gasteiger partial charge in [-0.3, -0.25) is 4.79 Å². The molecule has 0 aliphatic heterocycles. The van der Waals surface area contributed by atoms with Gasteiger partial charge in [0, 0.05) is 0 Å². The van der Waals surface area contributed by atoms with E-state index >= 15 is 0 Å². The van der Waals surface area contributed by atoms with Crippen molar-refractivity contribution in [2.24, 2.45) is 11.7 Å². The number of carbonyl (C=O) groups excluding carboxylic acids is 1. The molecule has 0 radical (unpaired) electrons. The molecule has 2 unspecified atom stereocenters. The second kappa shape index (κ2) is 7.87. The second-order valence-electron chi connectivity index (χ2n) is 7.06. The highest BCUT2D eigenvalue weighted by Crippen LogP contribution is 2.30. The van der Waals surface area contributed by atoms with Crippen LogP contribution >= 0.6 is 0 Å². The number of rotatable bonds is 7. The minimum atomic E-state index is -0.760. The van der Waals surface area contributed by atoms with E-state index in [2.05, 4.69) is 5.32 Å². The fourth-order valence-corrected chi connectivity index (χ4v) is 2.71. The van der Waals surface area contributed by atoms with Crippen LogP contribution in [0.5, 0.6) is 5.75 Å². The zero-order chi connectivity index (χ0) is 18.7. The van der Waals surface area contributed by atoms with E-state index in [4.69, 9.17) is 10.5 Å². The van der Waals surface area contributed by atoms with E-state index in [1.54, 1.807) is 19.1 Å². The maximum atomic E-state index is 14.2. The summed E-state index contributed by atoms with van der Waals surface area (Å²) in [5, 5.41) is 2.84. The van der Waals surface area contributed by atoms with Crippen molar-refractivity contribution in [2.45, 2.75) is 38.8 Å². The molecule has 2 aromatic rings. The van der Waals surface area contributed by atoms with Gasteiger partial charge in [0.1, 0.15) is 6.04 Å². The number of halogens is 1. The summed E-state index contributed by atoms with van der Waals surface area (Å²) in [4.78, 5) is 12.4. The Morgan fingerprint density at radius 3 is 2.50 bits per heavy atom. The summed E-state index contributed by atoms with van der Waals surface area (Å²) in [5.41, 5.74) is 8.56. The molecule has 0 bridgehead atoms. The number of nitrogens with two attached hydrogens (primary N) is 1. The average molecular weight is 356 g/mol. The first-order valence-corrected chi connectivity index (χ1v) is 8.99. The number of hydrogen-bond acceptors (Lipinski definition) is 3. The van der Waals surface area contributed by atoms with Crippen LogP contribution < -0.4 is 15.8 Å². The molecule has 3 N–H and O–H groups in total. The smallest absolute Gasteiger partial charge is 0.241 e. The fourth-order valence-electron chi connectivity index (χ4n) is 2.71. The monoisotopic (exact) mass is 356 g/mol. The molecule has 1 fully saturated rings. The van der Waals surface area contributed by atoms with Crippen molar-refractivity contribution in [3.8, 4) is 5.75 Å². The molecule has 3 rings (SSSR count). The lowest BCUT2D eigenvalue weighted by molar-refractivity contribution is -0.123. The molecule has 0 spiro atoms. The van der Waals surface area contributed by atoms with Gasteiger partial charge in [-0.2, -0.15) is 0 Å². The number of nitrogens with one attached hydrogen (secondary N) is 1. The van der Waals surface area contributed by atoms with Gasteiger partial charge in [0.15, 0.2) is 11.6 Å². The molecule has 5 heteroatoms. The Kier molecular flexibility index (Phi) is 5.57. The standard InChI is InChI=1S/C21H25FN2O2/c1-13-3-7-16(8-4-13)20(23)21(25)24-14(2)17-9-10-19(18(22)11-17)26-12-15-5-6-15/h3-4,7-11,14-15,20H,5-6,12,23H2,1-2H3,(H,24,25). The van der Waals surface area contributed by atoms with Crippen LogP contribution in [0.4, 0.5) is 4.39 Å². The summed E-state index contributed by atoms with van der Waals surface area (Å²) < 4.78 is 19.7. The number of hydrogen-bond donors (Lipinski definition) is 2. The van der Waals surface area contributed by atoms with Crippen molar-refractivity contribution in [3.05, 3.63) is 65.0 Å². The Labute approximate surface area is 153 Å². The lowest BCUT2D eigenvalue weighted by atomic mass is 10.0. The van der Waals surface area contributed by atoms with Crippen LogP contribution in [-0.2, 0) is 4.79 Å². The fraction of sp³-hybridized carbons (Fsp3) is 0.381. The minimum absolute atomic E-state index is 0.260. The summed E-state index contributed by atoms with van der Waals surface area (Å²) in [6.45, 7) is 4.34. The first-order valence-electron chi connectivity index (χ1n) is 8.99. The Morgan fingerprint density at radius 1 is 1.23 bits per heavy atom. The van der Waals surface area contributed by atoms with Crippen molar-refractivity contribution in [2.75, 3.05) is 6.61 Å². The summed E-state index contributed by atoms with van der Waals surface area (Å²) in [6, 6.07) is 11.2. The van der Waals surface area contributed by atoms with Crippen molar-refractivity contribution in [1.82, 2.24) is 5.32 Å². The van der Waals surface area contributed by atoms with Crippen molar-refractivity contribution in [3.63, 3.8) is 0 Å². The van der Waals surface area contributed by atoms with E-state index in [-0.39, 0.29) is 17.7 Å². The second-order valence-corrected chi connectivity index (χ2v) is 7.06. The largest absolute Gasteiger partial charge is 0.490 e. The quantitative estimate of drug-likeness (QED) is 0.793. The SMILES string of the molecule is Cc1ccc(C(N)C(=O)NC(C)c2ccc(OCC3CC3)c(F)c2)cc1. The van der Waals surface area contributed by atoms with Crippen molar-refractivity contribution >= 4 is 5.91 Å². The van der Waals surface area contributed by atoms with E-state index in [1.165, 1.54) is 6.07 Å². The molecule has 1 aliphatic rings. The maximum absolute atomic E-state index is 14.2. The van der Waals surface area contributed by atoms with Crippen LogP contribution in [0.15, 0.2) is 42.5 Å². The van der Waals surface area contributed by atoms with E-state index < -0.39 is 11.9 Å². The number of amides is 1. The van der Waals surface area contributed by atoms with Crippen LogP contribution in [0, 0.1) is 18.7 Å². The highest BCUT2D eigenvalue weighted by molar-refractivity contribution is 5.83. The summed E-state index contributed by atoms with van der Waals surface area (Å²) in [6.07, 6.45) is 2.31. The number of benzene rings is 2. The third-order valence-electron chi connectivity index (χ3n) is 4.71. The first kappa shape index (κ1) is 18.4. The van der Waals surface area contributed by atoms with Gasteiger partial charge >= 0.3 is 0 Å². The maximum Gasteiger partial charge on any atom is 0.241 e. The molecular formula is C21H25FN2O2. The van der Waals surface area contributed by atoms with E-state index in [0.717, 1.165) is 24.0 Å². The highest BCUT2D eigenvalue weighted by atomic mass is 19.1. The van der Waals surface area contributed by atoms with Crippen molar-refractivity contribution in [1.29, 1.82) is 0 Å². The van der Waals surface area contributed by atoms with Gasteiger partial charge in [0.05, 0.1) is 12.6 Å². The van der Waals surface area contributed by atoms with Gasteiger partial charge in [0.25, 0.3) is 0 Å². The number of ether oxygens (including phenoxy) is 1. The van der Waals surface area contributed by atoms with Crippen LogP contribution in [0.25, 0.3) is 0 Å². The van der Waals surface area contributed by atoms with E-state index in [0.29, 0.717) is 18.1 Å². The molecule has 1 aliphatic carbocycles. The van der Waals surface area contributed by atoms with Crippen LogP contribution in [0.1, 0.15) is 48.5 Å². The predicted molar refractivity (Wildman–Crippen MR) is 99.3 cm³/mol. The van der Waals surface area contributed by atoms with Crippen LogP contribution in [0.3, 0.4) is 0 Å². The Hall–Kier alpha value is -2.40. The lowest BCUT2D eigenvalue weighted by Gasteiger charge is -2.19. The van der Waals surface area contributed by atoms with Gasteiger partial charge < -0.3 is 15.8 Å². The molecule has 138 valence electrons. The van der Waals surface area contributed by atoms with Gasteiger partial charge in [-0.05, 0) is 55.9 Å². The van der Waals surface area contributed by atoms with Crippen molar-refractivity contribution < 1.29 is 13.9 Å². The molecular weight excluding hydrogens is 331 g/mol. The molecule has 26 heavy (non-hydrogen) atoms. The highest BCUT2D eigenvalue weighted by Gasteiger charge is 2.23. The molecule has 2 aromatic carbocycles. The van der Waals surface area contributed by atoms with Crippen LogP contribution in [-0.4, -0.2) is 12.5 Å². The summed E-state index contributed by atoms with van der Waals surface area (Å²) >= 11 is 0. The molecule has 0 saturated heterocycles. The Morgan fingerprint density at radius 2 is 1.88 bits per heavy atom. The van der Waals surface area contributed by atoms with Crippen LogP contribution in [0.2, 0.25) is 0 Å². The molecule has 0 aromatic heterocycles. The summed E-state index contributed by atoms with van der Waals surface area (Å²) in [5.74, 6) is 0.119. The first-order chi connectivity index (χ1) is 12.4. The number of carbonyl (C=O) groups is 1.